The minimum Gasteiger partial charge on any atom is -0.397 e. The second-order valence-corrected chi connectivity index (χ2v) is 5.04. The quantitative estimate of drug-likeness (QED) is 0.817. The Hall–Kier alpha value is -2.58. The number of anilines is 2. The van der Waals surface area contributed by atoms with Crippen molar-refractivity contribution < 1.29 is 0 Å². The average Bonchev–Trinajstić information content (AvgIpc) is 2.56. The highest BCUT2D eigenvalue weighted by atomic mass is 15.2. The molecule has 21 heavy (non-hydrogen) atoms. The third kappa shape index (κ3) is 2.67. The summed E-state index contributed by atoms with van der Waals surface area (Å²) >= 11 is 0. The molecule has 3 N–H and O–H groups in total. The van der Waals surface area contributed by atoms with Crippen LogP contribution in [0.1, 0.15) is 5.56 Å². The normalized spacial score (nSPS) is 14.7. The third-order valence-corrected chi connectivity index (χ3v) is 3.74. The smallest absolute Gasteiger partial charge is 0.0999 e. The van der Waals surface area contributed by atoms with E-state index in [9.17, 15) is 5.26 Å². The zero-order valence-electron chi connectivity index (χ0n) is 11.7. The Morgan fingerprint density at radius 2 is 2.05 bits per heavy atom. The molecule has 0 bridgehead atoms. The van der Waals surface area contributed by atoms with Crippen molar-refractivity contribution in [3.8, 4) is 17.2 Å². The molecular formula is C16H17N5. The van der Waals surface area contributed by atoms with Gasteiger partial charge in [0, 0.05) is 44.1 Å². The molecule has 1 aromatic carbocycles. The maximum Gasteiger partial charge on any atom is 0.0999 e. The number of nitrogens with two attached hydrogens (primary N) is 1. The van der Waals surface area contributed by atoms with Crippen molar-refractivity contribution in [3.05, 3.63) is 42.2 Å². The molecule has 0 unspecified atom stereocenters. The number of aromatic nitrogens is 1. The number of hydrogen-bond donors (Lipinski definition) is 2. The highest BCUT2D eigenvalue weighted by Gasteiger charge is 2.15. The molecular weight excluding hydrogens is 262 g/mol. The van der Waals surface area contributed by atoms with Gasteiger partial charge in [-0.3, -0.25) is 4.98 Å². The molecule has 0 atom stereocenters. The number of nitriles is 1. The van der Waals surface area contributed by atoms with E-state index in [0.717, 1.165) is 48.7 Å². The van der Waals surface area contributed by atoms with Crippen LogP contribution in [0.5, 0.6) is 0 Å². The fourth-order valence-electron chi connectivity index (χ4n) is 2.61. The number of piperazine rings is 1. The summed E-state index contributed by atoms with van der Waals surface area (Å²) in [5.74, 6) is 0. The average molecular weight is 279 g/mol. The van der Waals surface area contributed by atoms with E-state index in [1.807, 2.05) is 12.1 Å². The fourth-order valence-corrected chi connectivity index (χ4v) is 2.61. The van der Waals surface area contributed by atoms with E-state index in [2.05, 4.69) is 27.3 Å². The van der Waals surface area contributed by atoms with Gasteiger partial charge in [0.2, 0.25) is 0 Å². The molecule has 0 amide bonds. The van der Waals surface area contributed by atoms with Gasteiger partial charge in [-0.25, -0.2) is 0 Å². The van der Waals surface area contributed by atoms with E-state index in [0.29, 0.717) is 5.56 Å². The van der Waals surface area contributed by atoms with Gasteiger partial charge in [0.1, 0.15) is 0 Å². The largest absolute Gasteiger partial charge is 0.397 e. The lowest BCUT2D eigenvalue weighted by Crippen LogP contribution is -2.43. The van der Waals surface area contributed by atoms with Crippen LogP contribution in [0, 0.1) is 11.3 Å². The lowest BCUT2D eigenvalue weighted by molar-refractivity contribution is 0.590. The van der Waals surface area contributed by atoms with E-state index in [1.165, 1.54) is 0 Å². The van der Waals surface area contributed by atoms with Crippen LogP contribution < -0.4 is 16.0 Å². The molecule has 2 heterocycles. The van der Waals surface area contributed by atoms with Gasteiger partial charge in [-0.2, -0.15) is 5.26 Å². The summed E-state index contributed by atoms with van der Waals surface area (Å²) in [6.07, 6.45) is 3.36. The zero-order valence-corrected chi connectivity index (χ0v) is 11.7. The summed E-state index contributed by atoms with van der Waals surface area (Å²) in [7, 11) is 0. The summed E-state index contributed by atoms with van der Waals surface area (Å²) < 4.78 is 0. The molecule has 1 aliphatic rings. The first-order valence-corrected chi connectivity index (χ1v) is 6.99. The third-order valence-electron chi connectivity index (χ3n) is 3.74. The summed E-state index contributed by atoms with van der Waals surface area (Å²) in [5.41, 5.74) is 10.4. The number of nitrogens with one attached hydrogen (secondary N) is 1. The Kier molecular flexibility index (Phi) is 3.71. The minimum absolute atomic E-state index is 0.626. The van der Waals surface area contributed by atoms with Gasteiger partial charge < -0.3 is 16.0 Å². The van der Waals surface area contributed by atoms with E-state index in [1.54, 1.807) is 18.5 Å². The summed E-state index contributed by atoms with van der Waals surface area (Å²) in [5, 5.41) is 12.6. The molecule has 3 rings (SSSR count). The van der Waals surface area contributed by atoms with Crippen molar-refractivity contribution in [3.63, 3.8) is 0 Å². The van der Waals surface area contributed by atoms with E-state index >= 15 is 0 Å². The summed E-state index contributed by atoms with van der Waals surface area (Å²) in [4.78, 5) is 6.40. The number of nitrogens with zero attached hydrogens (tertiary/aromatic N) is 3. The second kappa shape index (κ2) is 5.81. The van der Waals surface area contributed by atoms with Crippen LogP contribution in [0.4, 0.5) is 11.4 Å². The molecule has 5 nitrogen and oxygen atoms in total. The molecule has 5 heteroatoms. The standard InChI is InChI=1S/C16H17N5/c17-10-13-3-4-20-11-14(13)12-1-2-15(18)16(9-12)21-7-5-19-6-8-21/h1-4,9,11,19H,5-8,18H2. The first-order chi connectivity index (χ1) is 10.3. The molecule has 1 fully saturated rings. The van der Waals surface area contributed by atoms with Crippen LogP contribution in [0.15, 0.2) is 36.7 Å². The van der Waals surface area contributed by atoms with Crippen LogP contribution in [-0.2, 0) is 0 Å². The predicted molar refractivity (Wildman–Crippen MR) is 83.9 cm³/mol. The summed E-state index contributed by atoms with van der Waals surface area (Å²) in [6.45, 7) is 3.79. The second-order valence-electron chi connectivity index (χ2n) is 5.04. The lowest BCUT2D eigenvalue weighted by atomic mass is 10.0. The molecule has 0 saturated carbocycles. The summed E-state index contributed by atoms with van der Waals surface area (Å²) in [6, 6.07) is 9.85. The maximum atomic E-state index is 9.23. The van der Waals surface area contributed by atoms with E-state index in [4.69, 9.17) is 5.73 Å². The topological polar surface area (TPSA) is 78.0 Å². The van der Waals surface area contributed by atoms with Crippen LogP contribution in [0.2, 0.25) is 0 Å². The first-order valence-electron chi connectivity index (χ1n) is 6.99. The van der Waals surface area contributed by atoms with Crippen LogP contribution in [0.3, 0.4) is 0 Å². The van der Waals surface area contributed by atoms with E-state index in [-0.39, 0.29) is 0 Å². The Bertz CT molecular complexity index is 683. The van der Waals surface area contributed by atoms with Crippen molar-refractivity contribution in [1.82, 2.24) is 10.3 Å². The van der Waals surface area contributed by atoms with Gasteiger partial charge in [-0.05, 0) is 23.8 Å². The van der Waals surface area contributed by atoms with Gasteiger partial charge in [-0.1, -0.05) is 6.07 Å². The molecule has 0 aliphatic carbocycles. The van der Waals surface area contributed by atoms with E-state index < -0.39 is 0 Å². The van der Waals surface area contributed by atoms with Crippen molar-refractivity contribution in [2.45, 2.75) is 0 Å². The Morgan fingerprint density at radius 1 is 1.24 bits per heavy atom. The van der Waals surface area contributed by atoms with Crippen LogP contribution >= 0.6 is 0 Å². The Labute approximate surface area is 124 Å². The number of hydrogen-bond acceptors (Lipinski definition) is 5. The minimum atomic E-state index is 0.626. The fraction of sp³-hybridized carbons (Fsp3) is 0.250. The maximum absolute atomic E-state index is 9.23. The first kappa shape index (κ1) is 13.4. The van der Waals surface area contributed by atoms with Crippen molar-refractivity contribution >= 4 is 11.4 Å². The lowest BCUT2D eigenvalue weighted by Gasteiger charge is -2.30. The molecule has 1 aliphatic heterocycles. The van der Waals surface area contributed by atoms with Gasteiger partial charge in [0.15, 0.2) is 0 Å². The molecule has 1 aromatic heterocycles. The van der Waals surface area contributed by atoms with Crippen LogP contribution in [0.25, 0.3) is 11.1 Å². The number of pyridine rings is 1. The number of nitrogen functional groups attached to an aromatic ring is 1. The Morgan fingerprint density at radius 3 is 2.81 bits per heavy atom. The molecule has 0 spiro atoms. The molecule has 2 aromatic rings. The highest BCUT2D eigenvalue weighted by molar-refractivity contribution is 5.79. The van der Waals surface area contributed by atoms with Gasteiger partial charge in [-0.15, -0.1) is 0 Å². The van der Waals surface area contributed by atoms with Crippen molar-refractivity contribution in [2.75, 3.05) is 36.8 Å². The van der Waals surface area contributed by atoms with Crippen LogP contribution in [-0.4, -0.2) is 31.2 Å². The van der Waals surface area contributed by atoms with Gasteiger partial charge in [0.05, 0.1) is 23.0 Å². The Balaban J connectivity index is 2.03. The monoisotopic (exact) mass is 279 g/mol. The predicted octanol–water partition coefficient (Wildman–Crippen LogP) is 1.61. The number of benzene rings is 1. The SMILES string of the molecule is N#Cc1ccncc1-c1ccc(N)c(N2CCNCC2)c1. The van der Waals surface area contributed by atoms with Gasteiger partial charge >= 0.3 is 0 Å². The zero-order chi connectivity index (χ0) is 14.7. The van der Waals surface area contributed by atoms with Crippen molar-refractivity contribution in [2.24, 2.45) is 0 Å². The highest BCUT2D eigenvalue weighted by Crippen LogP contribution is 2.31. The van der Waals surface area contributed by atoms with Crippen molar-refractivity contribution in [1.29, 1.82) is 5.26 Å². The molecule has 0 radical (unpaired) electrons. The molecule has 106 valence electrons. The molecule has 1 saturated heterocycles. The number of rotatable bonds is 2. The van der Waals surface area contributed by atoms with Gasteiger partial charge in [0.25, 0.3) is 0 Å².